The Morgan fingerprint density at radius 1 is 0.879 bits per heavy atom. The van der Waals surface area contributed by atoms with Gasteiger partial charge in [0.05, 0.1) is 5.69 Å². The van der Waals surface area contributed by atoms with Gasteiger partial charge in [0, 0.05) is 86.3 Å². The first kappa shape index (κ1) is 21.7. The van der Waals surface area contributed by atoms with E-state index >= 15 is 0 Å². The summed E-state index contributed by atoms with van der Waals surface area (Å²) in [6.45, 7) is 9.87. The molecule has 2 saturated heterocycles. The quantitative estimate of drug-likeness (QED) is 0.608. The van der Waals surface area contributed by atoms with Crippen LogP contribution in [0.15, 0.2) is 36.8 Å². The fourth-order valence-corrected chi connectivity index (χ4v) is 4.83. The molecule has 1 atom stereocenters. The minimum absolute atomic E-state index is 0.285. The van der Waals surface area contributed by atoms with E-state index in [0.29, 0.717) is 0 Å². The summed E-state index contributed by atoms with van der Waals surface area (Å²) in [5, 5.41) is 0. The topological polar surface area (TPSA) is 74.2 Å². The number of nitrogens with zero attached hydrogens (tertiary/aromatic N) is 8. The molecule has 2 fully saturated rings. The van der Waals surface area contributed by atoms with E-state index in [4.69, 9.17) is 19.9 Å². The van der Waals surface area contributed by atoms with Crippen LogP contribution in [0.1, 0.15) is 35.8 Å². The van der Waals surface area contributed by atoms with Gasteiger partial charge >= 0.3 is 0 Å². The van der Waals surface area contributed by atoms with Gasteiger partial charge in [-0.2, -0.15) is 0 Å². The van der Waals surface area contributed by atoms with Crippen LogP contribution in [0.25, 0.3) is 11.1 Å². The zero-order chi connectivity index (χ0) is 22.8. The third-order valence-electron chi connectivity index (χ3n) is 6.63. The van der Waals surface area contributed by atoms with Crippen LogP contribution in [0.2, 0.25) is 0 Å². The molecule has 2 aliphatic heterocycles. The second-order valence-electron chi connectivity index (χ2n) is 9.24. The Hall–Kier alpha value is -3.13. The van der Waals surface area contributed by atoms with E-state index in [9.17, 15) is 0 Å². The number of piperidine rings is 1. The van der Waals surface area contributed by atoms with Crippen molar-refractivity contribution in [3.63, 3.8) is 0 Å². The molecule has 33 heavy (non-hydrogen) atoms. The Labute approximate surface area is 195 Å². The number of likely N-dealkylation sites (N-methyl/N-ethyl adjacent to an activating group) is 1. The van der Waals surface area contributed by atoms with Crippen LogP contribution in [0.5, 0.6) is 0 Å². The highest BCUT2D eigenvalue weighted by molar-refractivity contribution is 5.66. The van der Waals surface area contributed by atoms with E-state index in [0.717, 1.165) is 92.2 Å². The molecular formula is C25H32N8. The molecule has 5 heterocycles. The first-order valence-corrected chi connectivity index (χ1v) is 11.8. The number of aryl methyl sites for hydroxylation is 2. The van der Waals surface area contributed by atoms with Gasteiger partial charge in [0.1, 0.15) is 0 Å². The van der Waals surface area contributed by atoms with Crippen molar-refractivity contribution in [1.29, 1.82) is 0 Å². The van der Waals surface area contributed by atoms with Gasteiger partial charge in [0.15, 0.2) is 0 Å². The van der Waals surface area contributed by atoms with Gasteiger partial charge in [-0.3, -0.25) is 4.98 Å². The molecule has 0 radical (unpaired) electrons. The van der Waals surface area contributed by atoms with Gasteiger partial charge in [-0.05, 0) is 45.9 Å². The smallest absolute Gasteiger partial charge is 0.225 e. The number of aromatic nitrogens is 5. The van der Waals surface area contributed by atoms with E-state index in [-0.39, 0.29) is 5.92 Å². The number of piperazine rings is 1. The number of anilines is 2. The fraction of sp³-hybridized carbons (Fsp3) is 0.480. The summed E-state index contributed by atoms with van der Waals surface area (Å²) in [4.78, 5) is 30.8. The summed E-state index contributed by atoms with van der Waals surface area (Å²) in [5.74, 6) is 1.95. The third kappa shape index (κ3) is 4.80. The lowest BCUT2D eigenvalue weighted by Crippen LogP contribution is -2.45. The van der Waals surface area contributed by atoms with Gasteiger partial charge in [-0.15, -0.1) is 0 Å². The van der Waals surface area contributed by atoms with Gasteiger partial charge in [0.25, 0.3) is 0 Å². The first-order valence-electron chi connectivity index (χ1n) is 11.8. The lowest BCUT2D eigenvalue weighted by molar-refractivity contribution is 0.311. The van der Waals surface area contributed by atoms with Crippen LogP contribution in [-0.2, 0) is 0 Å². The molecule has 0 bridgehead atoms. The molecule has 0 aliphatic carbocycles. The Morgan fingerprint density at radius 3 is 2.39 bits per heavy atom. The number of hydrogen-bond donors (Lipinski definition) is 0. The highest BCUT2D eigenvalue weighted by Crippen LogP contribution is 2.34. The summed E-state index contributed by atoms with van der Waals surface area (Å²) in [7, 11) is 2.17. The summed E-state index contributed by atoms with van der Waals surface area (Å²) in [5.41, 5.74) is 5.28. The first-order chi connectivity index (χ1) is 16.1. The third-order valence-corrected chi connectivity index (χ3v) is 6.63. The van der Waals surface area contributed by atoms with E-state index in [1.54, 1.807) is 0 Å². The molecular weight excluding hydrogens is 412 g/mol. The number of hydrogen-bond acceptors (Lipinski definition) is 8. The molecule has 2 aliphatic rings. The van der Waals surface area contributed by atoms with Crippen LogP contribution in [0.3, 0.4) is 0 Å². The molecule has 5 rings (SSSR count). The van der Waals surface area contributed by atoms with Crippen LogP contribution in [0.4, 0.5) is 11.9 Å². The second kappa shape index (κ2) is 9.39. The van der Waals surface area contributed by atoms with Crippen molar-refractivity contribution >= 4 is 11.9 Å². The van der Waals surface area contributed by atoms with Crippen LogP contribution >= 0.6 is 0 Å². The van der Waals surface area contributed by atoms with E-state index < -0.39 is 0 Å². The predicted molar refractivity (Wildman–Crippen MR) is 131 cm³/mol. The van der Waals surface area contributed by atoms with Crippen molar-refractivity contribution < 1.29 is 0 Å². The fourth-order valence-electron chi connectivity index (χ4n) is 4.83. The zero-order valence-electron chi connectivity index (χ0n) is 19.8. The largest absolute Gasteiger partial charge is 0.340 e. The monoisotopic (exact) mass is 444 g/mol. The van der Waals surface area contributed by atoms with Gasteiger partial charge in [0.2, 0.25) is 11.9 Å². The van der Waals surface area contributed by atoms with E-state index in [2.05, 4.69) is 32.8 Å². The molecule has 0 unspecified atom stereocenters. The van der Waals surface area contributed by atoms with E-state index in [1.807, 2.05) is 44.6 Å². The number of rotatable bonds is 4. The Kier molecular flexibility index (Phi) is 6.17. The van der Waals surface area contributed by atoms with Crippen molar-refractivity contribution in [3.8, 4) is 11.1 Å². The standard InChI is InChI=1S/C25H32N8/c1-18-14-19(2)29-25(28-18)33-9-5-7-21(17-33)23-22(20-6-4-8-26-15-20)16-27-24(30-23)32-12-10-31(3)11-13-32/h4,6,8,14-16,21H,5,7,9-13,17H2,1-3H3/t21-/m1/s1. The summed E-state index contributed by atoms with van der Waals surface area (Å²) in [6.07, 6.45) is 7.89. The lowest BCUT2D eigenvalue weighted by atomic mass is 9.90. The zero-order valence-corrected chi connectivity index (χ0v) is 19.8. The summed E-state index contributed by atoms with van der Waals surface area (Å²) >= 11 is 0. The maximum Gasteiger partial charge on any atom is 0.225 e. The molecule has 0 saturated carbocycles. The van der Waals surface area contributed by atoms with Crippen LogP contribution < -0.4 is 9.80 Å². The average Bonchev–Trinajstić information content (AvgIpc) is 2.84. The Bertz CT molecular complexity index is 1070. The minimum atomic E-state index is 0.285. The number of pyridine rings is 1. The van der Waals surface area contributed by atoms with Gasteiger partial charge < -0.3 is 14.7 Å². The Balaban J connectivity index is 1.49. The van der Waals surface area contributed by atoms with Crippen molar-refractivity contribution in [1.82, 2.24) is 29.8 Å². The molecule has 0 aromatic carbocycles. The molecule has 3 aromatic heterocycles. The molecule has 8 nitrogen and oxygen atoms in total. The molecule has 8 heteroatoms. The predicted octanol–water partition coefficient (Wildman–Crippen LogP) is 3.08. The minimum Gasteiger partial charge on any atom is -0.340 e. The summed E-state index contributed by atoms with van der Waals surface area (Å²) in [6, 6.07) is 6.10. The van der Waals surface area contributed by atoms with Gasteiger partial charge in [-0.25, -0.2) is 19.9 Å². The summed E-state index contributed by atoms with van der Waals surface area (Å²) < 4.78 is 0. The molecule has 3 aromatic rings. The van der Waals surface area contributed by atoms with Gasteiger partial charge in [-0.1, -0.05) is 6.07 Å². The normalized spacial score (nSPS) is 19.7. The molecule has 172 valence electrons. The van der Waals surface area contributed by atoms with Crippen molar-refractivity contribution in [2.75, 3.05) is 56.1 Å². The van der Waals surface area contributed by atoms with Crippen LogP contribution in [0, 0.1) is 13.8 Å². The molecule has 0 spiro atoms. The highest BCUT2D eigenvalue weighted by Gasteiger charge is 2.28. The lowest BCUT2D eigenvalue weighted by Gasteiger charge is -2.35. The highest BCUT2D eigenvalue weighted by atomic mass is 15.3. The van der Waals surface area contributed by atoms with Crippen molar-refractivity contribution in [2.45, 2.75) is 32.6 Å². The Morgan fingerprint density at radius 2 is 1.67 bits per heavy atom. The average molecular weight is 445 g/mol. The maximum absolute atomic E-state index is 5.19. The maximum atomic E-state index is 5.19. The SMILES string of the molecule is Cc1cc(C)nc(N2CCC[C@@H](c3nc(N4CCN(C)CC4)ncc3-c3cccnc3)C2)n1. The van der Waals surface area contributed by atoms with Crippen molar-refractivity contribution in [2.24, 2.45) is 0 Å². The molecule has 0 amide bonds. The van der Waals surface area contributed by atoms with Crippen LogP contribution in [-0.4, -0.2) is 76.1 Å². The second-order valence-corrected chi connectivity index (χ2v) is 9.24. The molecule has 0 N–H and O–H groups in total. The van der Waals surface area contributed by atoms with Crippen molar-refractivity contribution in [3.05, 3.63) is 53.9 Å². The van der Waals surface area contributed by atoms with E-state index in [1.165, 1.54) is 0 Å².